The molecule has 0 saturated carbocycles. The summed E-state index contributed by atoms with van der Waals surface area (Å²) in [5.74, 6) is 0.329. The zero-order chi connectivity index (χ0) is 28.2. The first-order valence-electron chi connectivity index (χ1n) is 13.6. The van der Waals surface area contributed by atoms with Crippen LogP contribution in [-0.2, 0) is 17.8 Å². The lowest BCUT2D eigenvalue weighted by Gasteiger charge is -2.37. The molecule has 1 fully saturated rings. The number of fused-ring (bicyclic) bond motifs is 1. The molecule has 0 aliphatic carbocycles. The zero-order valence-corrected chi connectivity index (χ0v) is 22.8. The van der Waals surface area contributed by atoms with Crippen LogP contribution >= 0.6 is 0 Å². The average Bonchev–Trinajstić information content (AvgIpc) is 3.44. The van der Waals surface area contributed by atoms with Crippen molar-refractivity contribution in [2.75, 3.05) is 36.4 Å². The van der Waals surface area contributed by atoms with Crippen molar-refractivity contribution in [2.45, 2.75) is 39.7 Å². The summed E-state index contributed by atoms with van der Waals surface area (Å²) in [6.07, 6.45) is 3.38. The van der Waals surface area contributed by atoms with Crippen LogP contribution in [0.25, 0.3) is 10.9 Å². The van der Waals surface area contributed by atoms with Crippen molar-refractivity contribution in [3.05, 3.63) is 86.2 Å². The predicted octanol–water partition coefficient (Wildman–Crippen LogP) is 3.63. The normalized spacial score (nSPS) is 13.4. The maximum Gasteiger partial charge on any atom is 0.329 e. The summed E-state index contributed by atoms with van der Waals surface area (Å²) < 4.78 is 1.13. The van der Waals surface area contributed by atoms with E-state index in [-0.39, 0.29) is 18.9 Å². The minimum atomic E-state index is -0.508. The zero-order valence-electron chi connectivity index (χ0n) is 22.8. The van der Waals surface area contributed by atoms with E-state index in [9.17, 15) is 19.6 Å². The molecule has 1 saturated heterocycles. The van der Waals surface area contributed by atoms with Crippen LogP contribution in [0.15, 0.2) is 58.3 Å². The SMILES string of the molecule is CCc1cc(Nc2cc(=O)n(CCCC(=O)N3CCN(c4c(C#N)ccc5[nH]ccc45)CC3)c(=O)[nH]2)ccc1C. The molecule has 10 nitrogen and oxygen atoms in total. The molecule has 0 radical (unpaired) electrons. The van der Waals surface area contributed by atoms with Crippen molar-refractivity contribution < 1.29 is 4.79 Å². The van der Waals surface area contributed by atoms with Crippen molar-refractivity contribution in [1.29, 1.82) is 5.26 Å². The number of aromatic amines is 2. The van der Waals surface area contributed by atoms with E-state index >= 15 is 0 Å². The number of aryl methyl sites for hydroxylation is 2. The maximum absolute atomic E-state index is 12.9. The molecule has 2 aromatic carbocycles. The number of amides is 1. The van der Waals surface area contributed by atoms with Gasteiger partial charge in [0.05, 0.1) is 11.3 Å². The van der Waals surface area contributed by atoms with Crippen LogP contribution in [0.5, 0.6) is 0 Å². The van der Waals surface area contributed by atoms with Gasteiger partial charge in [-0.3, -0.25) is 19.1 Å². The van der Waals surface area contributed by atoms with E-state index in [2.05, 4.69) is 33.2 Å². The van der Waals surface area contributed by atoms with Gasteiger partial charge in [-0.25, -0.2) is 4.79 Å². The summed E-state index contributed by atoms with van der Waals surface area (Å²) in [5, 5.41) is 13.7. The van der Waals surface area contributed by atoms with E-state index in [0.717, 1.165) is 33.3 Å². The van der Waals surface area contributed by atoms with Gasteiger partial charge in [0.15, 0.2) is 0 Å². The molecule has 5 rings (SSSR count). The highest BCUT2D eigenvalue weighted by Gasteiger charge is 2.24. The second-order valence-electron chi connectivity index (χ2n) is 10.1. The molecule has 3 heterocycles. The molecule has 10 heteroatoms. The van der Waals surface area contributed by atoms with Crippen LogP contribution in [-0.4, -0.2) is 51.5 Å². The summed E-state index contributed by atoms with van der Waals surface area (Å²) in [4.78, 5) is 48.1. The van der Waals surface area contributed by atoms with Crippen LogP contribution < -0.4 is 21.5 Å². The number of aromatic nitrogens is 3. The van der Waals surface area contributed by atoms with Crippen LogP contribution in [0.3, 0.4) is 0 Å². The van der Waals surface area contributed by atoms with E-state index in [1.54, 1.807) is 0 Å². The minimum Gasteiger partial charge on any atom is -0.366 e. The van der Waals surface area contributed by atoms with Gasteiger partial charge in [-0.15, -0.1) is 0 Å². The van der Waals surface area contributed by atoms with E-state index < -0.39 is 11.2 Å². The topological polar surface area (TPSA) is 130 Å². The van der Waals surface area contributed by atoms with Crippen molar-refractivity contribution in [3.8, 4) is 6.07 Å². The summed E-state index contributed by atoms with van der Waals surface area (Å²) in [6.45, 7) is 6.63. The summed E-state index contributed by atoms with van der Waals surface area (Å²) in [5.41, 5.74) is 4.75. The Bertz CT molecular complexity index is 1670. The molecule has 206 valence electrons. The number of nitriles is 1. The fourth-order valence-electron chi connectivity index (χ4n) is 5.36. The Morgan fingerprint density at radius 3 is 2.60 bits per heavy atom. The third kappa shape index (κ3) is 5.50. The minimum absolute atomic E-state index is 0.00567. The Hall–Kier alpha value is -4.78. The fourth-order valence-corrected chi connectivity index (χ4v) is 5.36. The molecule has 2 aromatic heterocycles. The van der Waals surface area contributed by atoms with Crippen molar-refractivity contribution in [3.63, 3.8) is 0 Å². The Labute approximate surface area is 231 Å². The molecule has 0 unspecified atom stereocenters. The molecular weight excluding hydrogens is 506 g/mol. The molecule has 0 spiro atoms. The number of nitrogens with zero attached hydrogens (tertiary/aromatic N) is 4. The van der Waals surface area contributed by atoms with Gasteiger partial charge in [0.1, 0.15) is 11.9 Å². The lowest BCUT2D eigenvalue weighted by molar-refractivity contribution is -0.131. The Kier molecular flexibility index (Phi) is 7.73. The van der Waals surface area contributed by atoms with Crippen LogP contribution in [0.4, 0.5) is 17.2 Å². The van der Waals surface area contributed by atoms with Gasteiger partial charge in [0.25, 0.3) is 5.56 Å². The van der Waals surface area contributed by atoms with Crippen molar-refractivity contribution in [1.82, 2.24) is 19.4 Å². The lowest BCUT2D eigenvalue weighted by Crippen LogP contribution is -2.49. The Balaban J connectivity index is 1.16. The van der Waals surface area contributed by atoms with Crippen molar-refractivity contribution >= 4 is 34.0 Å². The number of benzene rings is 2. The van der Waals surface area contributed by atoms with Crippen LogP contribution in [0.2, 0.25) is 0 Å². The summed E-state index contributed by atoms with van der Waals surface area (Å²) in [7, 11) is 0. The quantitative estimate of drug-likeness (QED) is 0.314. The van der Waals surface area contributed by atoms with Crippen LogP contribution in [0.1, 0.15) is 36.5 Å². The number of nitrogens with one attached hydrogen (secondary N) is 3. The number of anilines is 3. The number of H-pyrrole nitrogens is 2. The third-order valence-electron chi connectivity index (χ3n) is 7.58. The first kappa shape index (κ1) is 26.8. The smallest absolute Gasteiger partial charge is 0.329 e. The highest BCUT2D eigenvalue weighted by atomic mass is 16.2. The Morgan fingerprint density at radius 2 is 1.88 bits per heavy atom. The summed E-state index contributed by atoms with van der Waals surface area (Å²) in [6, 6.07) is 15.3. The molecule has 1 aliphatic heterocycles. The predicted molar refractivity (Wildman–Crippen MR) is 156 cm³/mol. The van der Waals surface area contributed by atoms with Gasteiger partial charge in [0.2, 0.25) is 5.91 Å². The largest absolute Gasteiger partial charge is 0.366 e. The molecule has 1 aliphatic rings. The first-order chi connectivity index (χ1) is 19.4. The maximum atomic E-state index is 12.9. The molecule has 4 aromatic rings. The van der Waals surface area contributed by atoms with Gasteiger partial charge in [-0.1, -0.05) is 13.0 Å². The number of rotatable bonds is 8. The molecule has 40 heavy (non-hydrogen) atoms. The van der Waals surface area contributed by atoms with E-state index in [4.69, 9.17) is 0 Å². The van der Waals surface area contributed by atoms with E-state index in [0.29, 0.717) is 44.0 Å². The molecular formula is C30H33N7O3. The number of piperazine rings is 1. The van der Waals surface area contributed by atoms with Gasteiger partial charge >= 0.3 is 5.69 Å². The average molecular weight is 540 g/mol. The number of carbonyl (C=O) groups excluding carboxylic acids is 1. The van der Waals surface area contributed by atoms with E-state index in [1.807, 2.05) is 54.4 Å². The fraction of sp³-hybridized carbons (Fsp3) is 0.333. The van der Waals surface area contributed by atoms with Gasteiger partial charge < -0.3 is 20.1 Å². The highest BCUT2D eigenvalue weighted by Crippen LogP contribution is 2.31. The number of carbonyl (C=O) groups is 1. The monoisotopic (exact) mass is 539 g/mol. The molecule has 0 atom stereocenters. The Morgan fingerprint density at radius 1 is 1.07 bits per heavy atom. The second-order valence-corrected chi connectivity index (χ2v) is 10.1. The lowest BCUT2D eigenvalue weighted by atomic mass is 10.1. The van der Waals surface area contributed by atoms with Crippen LogP contribution in [0, 0.1) is 18.3 Å². The number of hydrogen-bond donors (Lipinski definition) is 3. The van der Waals surface area contributed by atoms with E-state index in [1.165, 1.54) is 17.2 Å². The van der Waals surface area contributed by atoms with Crippen molar-refractivity contribution in [2.24, 2.45) is 0 Å². The highest BCUT2D eigenvalue weighted by molar-refractivity contribution is 5.95. The molecule has 1 amide bonds. The first-order valence-corrected chi connectivity index (χ1v) is 13.6. The standard InChI is InChI=1S/C30H33N7O3/c1-3-21-17-23(8-6-20(21)2)33-26-18-28(39)37(30(40)34-26)12-4-5-27(38)35-13-15-36(16-14-35)29-22(19-31)7-9-25-24(29)10-11-32-25/h6-11,17-18,32-33H,3-5,12-16H2,1-2H3,(H,34,40). The van der Waals surface area contributed by atoms with Gasteiger partial charge in [-0.05, 0) is 61.2 Å². The summed E-state index contributed by atoms with van der Waals surface area (Å²) >= 11 is 0. The molecule has 0 bridgehead atoms. The van der Waals surface area contributed by atoms with Gasteiger partial charge in [-0.2, -0.15) is 5.26 Å². The molecule has 3 N–H and O–H groups in total. The van der Waals surface area contributed by atoms with Gasteiger partial charge in [0, 0.05) is 68.0 Å². The third-order valence-corrected chi connectivity index (χ3v) is 7.58. The number of hydrogen-bond acceptors (Lipinski definition) is 6. The second kappa shape index (κ2) is 11.5.